The second-order valence-corrected chi connectivity index (χ2v) is 4.62. The number of aromatic nitrogens is 3. The van der Waals surface area contributed by atoms with E-state index >= 15 is 0 Å². The van der Waals surface area contributed by atoms with Crippen molar-refractivity contribution in [1.29, 1.82) is 0 Å². The van der Waals surface area contributed by atoms with Gasteiger partial charge in [0.1, 0.15) is 0 Å². The highest BCUT2D eigenvalue weighted by molar-refractivity contribution is 5.56. The van der Waals surface area contributed by atoms with Crippen molar-refractivity contribution in [3.05, 3.63) is 87.1 Å². The van der Waals surface area contributed by atoms with Crippen LogP contribution in [0, 0.1) is 0 Å². The zero-order valence-electron chi connectivity index (χ0n) is 11.2. The van der Waals surface area contributed by atoms with Crippen molar-refractivity contribution in [3.8, 4) is 11.3 Å². The fourth-order valence-corrected chi connectivity index (χ4v) is 2.08. The highest BCUT2D eigenvalue weighted by Crippen LogP contribution is 2.10. The Morgan fingerprint density at radius 1 is 0.905 bits per heavy atom. The molecule has 0 aliphatic carbocycles. The fourth-order valence-electron chi connectivity index (χ4n) is 2.08. The number of nitrogens with zero attached hydrogens (tertiary/aromatic N) is 2. The molecule has 0 aliphatic rings. The van der Waals surface area contributed by atoms with Crippen molar-refractivity contribution < 1.29 is 0 Å². The molecule has 0 amide bonds. The molecule has 0 unspecified atom stereocenters. The minimum absolute atomic E-state index is 0.242. The smallest absolute Gasteiger partial charge is 0.271 e. The Bertz CT molecular complexity index is 852. The van der Waals surface area contributed by atoms with E-state index in [1.54, 1.807) is 12.1 Å². The van der Waals surface area contributed by atoms with Crippen LogP contribution in [0.4, 0.5) is 0 Å². The summed E-state index contributed by atoms with van der Waals surface area (Å²) >= 11 is 0. The predicted molar refractivity (Wildman–Crippen MR) is 80.1 cm³/mol. The lowest BCUT2D eigenvalue weighted by molar-refractivity contribution is 0.612. The molecule has 1 aromatic heterocycles. The number of rotatable bonds is 3. The summed E-state index contributed by atoms with van der Waals surface area (Å²) in [5, 5.41) is 4.20. The van der Waals surface area contributed by atoms with Crippen molar-refractivity contribution in [2.75, 3.05) is 0 Å². The van der Waals surface area contributed by atoms with Crippen LogP contribution in [0.15, 0.2) is 70.3 Å². The van der Waals surface area contributed by atoms with E-state index in [-0.39, 0.29) is 5.69 Å². The summed E-state index contributed by atoms with van der Waals surface area (Å²) in [7, 11) is 0. The average Bonchev–Trinajstić information content (AvgIpc) is 2.52. The van der Waals surface area contributed by atoms with Crippen LogP contribution in [0.1, 0.15) is 5.56 Å². The van der Waals surface area contributed by atoms with Gasteiger partial charge in [0, 0.05) is 5.56 Å². The Morgan fingerprint density at radius 2 is 1.52 bits per heavy atom. The SMILES string of the molecule is O=c1[nH]c(=O)n(Cc2ccccc2)nc1-c1ccccc1. The van der Waals surface area contributed by atoms with E-state index in [2.05, 4.69) is 10.1 Å². The number of hydrogen-bond acceptors (Lipinski definition) is 3. The molecule has 2 aromatic carbocycles. The van der Waals surface area contributed by atoms with Gasteiger partial charge in [-0.2, -0.15) is 5.10 Å². The van der Waals surface area contributed by atoms with Gasteiger partial charge < -0.3 is 0 Å². The second kappa shape index (κ2) is 5.58. The number of nitrogens with one attached hydrogen (secondary N) is 1. The highest BCUT2D eigenvalue weighted by atomic mass is 16.2. The van der Waals surface area contributed by atoms with Crippen LogP contribution in [0.2, 0.25) is 0 Å². The molecule has 5 nitrogen and oxygen atoms in total. The maximum absolute atomic E-state index is 11.9. The van der Waals surface area contributed by atoms with Crippen LogP contribution < -0.4 is 11.2 Å². The molecule has 0 bridgehead atoms. The van der Waals surface area contributed by atoms with Gasteiger partial charge in [-0.1, -0.05) is 60.7 Å². The van der Waals surface area contributed by atoms with Crippen molar-refractivity contribution >= 4 is 0 Å². The number of H-pyrrole nitrogens is 1. The van der Waals surface area contributed by atoms with Crippen LogP contribution in [-0.4, -0.2) is 14.8 Å². The van der Waals surface area contributed by atoms with Gasteiger partial charge in [-0.25, -0.2) is 9.48 Å². The molecule has 0 saturated heterocycles. The van der Waals surface area contributed by atoms with Crippen LogP contribution in [0.25, 0.3) is 11.3 Å². The molecule has 1 N–H and O–H groups in total. The first-order valence-electron chi connectivity index (χ1n) is 6.55. The molecule has 0 fully saturated rings. The zero-order chi connectivity index (χ0) is 14.7. The summed E-state index contributed by atoms with van der Waals surface area (Å²) in [6.07, 6.45) is 0. The van der Waals surface area contributed by atoms with Crippen LogP contribution in [0.3, 0.4) is 0 Å². The summed E-state index contributed by atoms with van der Waals surface area (Å²) in [4.78, 5) is 26.1. The molecular weight excluding hydrogens is 266 g/mol. The standard InChI is InChI=1S/C16H13N3O2/c20-15-14(13-9-5-2-6-10-13)18-19(16(21)17-15)11-12-7-3-1-4-8-12/h1-10H,11H2,(H,17,20,21). The van der Waals surface area contributed by atoms with Gasteiger partial charge in [-0.05, 0) is 5.56 Å². The largest absolute Gasteiger partial charge is 0.345 e. The van der Waals surface area contributed by atoms with Crippen LogP contribution in [0.5, 0.6) is 0 Å². The Balaban J connectivity index is 2.07. The minimum atomic E-state index is -0.511. The Kier molecular flexibility index (Phi) is 3.47. The third kappa shape index (κ3) is 2.81. The number of aromatic amines is 1. The Labute approximate surface area is 120 Å². The van der Waals surface area contributed by atoms with Gasteiger partial charge in [0.15, 0.2) is 5.69 Å². The van der Waals surface area contributed by atoms with Gasteiger partial charge in [0.2, 0.25) is 0 Å². The zero-order valence-corrected chi connectivity index (χ0v) is 11.2. The molecule has 3 aromatic rings. The Hall–Kier alpha value is -2.95. The summed E-state index contributed by atoms with van der Waals surface area (Å²) < 4.78 is 1.26. The van der Waals surface area contributed by atoms with E-state index < -0.39 is 11.2 Å². The molecule has 0 radical (unpaired) electrons. The Morgan fingerprint density at radius 3 is 2.19 bits per heavy atom. The summed E-state index contributed by atoms with van der Waals surface area (Å²) in [5.41, 5.74) is 0.879. The van der Waals surface area contributed by atoms with E-state index in [1.165, 1.54) is 4.68 Å². The van der Waals surface area contributed by atoms with E-state index in [4.69, 9.17) is 0 Å². The summed E-state index contributed by atoms with van der Waals surface area (Å²) in [6.45, 7) is 0.316. The van der Waals surface area contributed by atoms with Gasteiger partial charge in [-0.15, -0.1) is 0 Å². The number of hydrogen-bond donors (Lipinski definition) is 1. The minimum Gasteiger partial charge on any atom is -0.271 e. The monoisotopic (exact) mass is 279 g/mol. The average molecular weight is 279 g/mol. The topological polar surface area (TPSA) is 67.8 Å². The fraction of sp³-hybridized carbons (Fsp3) is 0.0625. The number of benzene rings is 2. The molecule has 5 heteroatoms. The molecular formula is C16H13N3O2. The maximum Gasteiger partial charge on any atom is 0.345 e. The van der Waals surface area contributed by atoms with E-state index in [0.717, 1.165) is 5.56 Å². The third-order valence-corrected chi connectivity index (χ3v) is 3.11. The lowest BCUT2D eigenvalue weighted by Crippen LogP contribution is -2.33. The van der Waals surface area contributed by atoms with Crippen molar-refractivity contribution in [2.24, 2.45) is 0 Å². The quantitative estimate of drug-likeness (QED) is 0.792. The molecule has 3 rings (SSSR count). The second-order valence-electron chi connectivity index (χ2n) is 4.62. The normalized spacial score (nSPS) is 10.5. The van der Waals surface area contributed by atoms with E-state index in [1.807, 2.05) is 48.5 Å². The van der Waals surface area contributed by atoms with Crippen molar-refractivity contribution in [1.82, 2.24) is 14.8 Å². The molecule has 1 heterocycles. The van der Waals surface area contributed by atoms with E-state index in [9.17, 15) is 9.59 Å². The summed E-state index contributed by atoms with van der Waals surface area (Å²) in [5.74, 6) is 0. The molecule has 0 atom stereocenters. The molecule has 0 aliphatic heterocycles. The first-order chi connectivity index (χ1) is 10.2. The van der Waals surface area contributed by atoms with E-state index in [0.29, 0.717) is 12.1 Å². The van der Waals surface area contributed by atoms with Crippen molar-refractivity contribution in [2.45, 2.75) is 6.54 Å². The molecule has 0 saturated carbocycles. The van der Waals surface area contributed by atoms with Crippen LogP contribution in [-0.2, 0) is 6.54 Å². The first-order valence-corrected chi connectivity index (χ1v) is 6.55. The third-order valence-electron chi connectivity index (χ3n) is 3.11. The first kappa shape index (κ1) is 13.1. The lowest BCUT2D eigenvalue weighted by Gasteiger charge is -2.06. The van der Waals surface area contributed by atoms with Gasteiger partial charge in [0.25, 0.3) is 5.56 Å². The molecule has 104 valence electrons. The van der Waals surface area contributed by atoms with Gasteiger partial charge >= 0.3 is 5.69 Å². The lowest BCUT2D eigenvalue weighted by atomic mass is 10.2. The maximum atomic E-state index is 11.9. The summed E-state index contributed by atoms with van der Waals surface area (Å²) in [6, 6.07) is 18.6. The molecule has 21 heavy (non-hydrogen) atoms. The van der Waals surface area contributed by atoms with Crippen LogP contribution >= 0.6 is 0 Å². The van der Waals surface area contributed by atoms with Gasteiger partial charge in [0.05, 0.1) is 6.54 Å². The van der Waals surface area contributed by atoms with Gasteiger partial charge in [-0.3, -0.25) is 9.78 Å². The predicted octanol–water partition coefficient (Wildman–Crippen LogP) is 1.65. The highest BCUT2D eigenvalue weighted by Gasteiger charge is 2.09. The van der Waals surface area contributed by atoms with Crippen molar-refractivity contribution in [3.63, 3.8) is 0 Å². The molecule has 0 spiro atoms.